The number of piperidine rings is 1. The van der Waals surface area contributed by atoms with E-state index in [-0.39, 0.29) is 17.7 Å². The van der Waals surface area contributed by atoms with Gasteiger partial charge in [0.1, 0.15) is 24.1 Å². The summed E-state index contributed by atoms with van der Waals surface area (Å²) in [4.78, 5) is 32.3. The zero-order valence-electron chi connectivity index (χ0n) is 30.3. The normalized spacial score (nSPS) is 21.7. The van der Waals surface area contributed by atoms with E-state index in [9.17, 15) is 14.7 Å². The highest BCUT2D eigenvalue weighted by Crippen LogP contribution is 2.47. The van der Waals surface area contributed by atoms with Crippen LogP contribution in [0, 0.1) is 0 Å². The number of aryl methyl sites for hydroxylation is 1. The topological polar surface area (TPSA) is 97.4 Å². The van der Waals surface area contributed by atoms with Crippen LogP contribution in [0.1, 0.15) is 69.3 Å². The van der Waals surface area contributed by atoms with Crippen LogP contribution >= 0.6 is 0 Å². The molecule has 53 heavy (non-hydrogen) atoms. The lowest BCUT2D eigenvalue weighted by molar-refractivity contribution is -0.126. The number of anilines is 1. The van der Waals surface area contributed by atoms with Crippen molar-refractivity contribution in [1.82, 2.24) is 20.4 Å². The van der Waals surface area contributed by atoms with Crippen LogP contribution in [0.4, 0.5) is 5.69 Å². The minimum Gasteiger partial charge on any atom is -0.508 e. The van der Waals surface area contributed by atoms with Crippen LogP contribution in [-0.2, 0) is 17.8 Å². The van der Waals surface area contributed by atoms with Gasteiger partial charge in [-0.15, -0.1) is 0 Å². The van der Waals surface area contributed by atoms with Gasteiger partial charge >= 0.3 is 0 Å². The number of aromatic hydroxyl groups is 1. The molecule has 8 rings (SSSR count). The van der Waals surface area contributed by atoms with Gasteiger partial charge in [0.15, 0.2) is 0 Å². The molecule has 9 heteroatoms. The Bertz CT molecular complexity index is 1960. The second-order valence-corrected chi connectivity index (χ2v) is 14.8. The van der Waals surface area contributed by atoms with Crippen molar-refractivity contribution in [2.75, 3.05) is 57.3 Å². The highest BCUT2D eigenvalue weighted by atomic mass is 16.5. The van der Waals surface area contributed by atoms with E-state index in [1.807, 2.05) is 18.2 Å². The Morgan fingerprint density at radius 1 is 0.830 bits per heavy atom. The molecule has 9 nitrogen and oxygen atoms in total. The molecule has 0 aromatic heterocycles. The second-order valence-electron chi connectivity index (χ2n) is 14.8. The average molecular weight is 712 g/mol. The van der Waals surface area contributed by atoms with Gasteiger partial charge in [-0.05, 0) is 102 Å². The summed E-state index contributed by atoms with van der Waals surface area (Å²) in [6, 6.07) is 30.9. The van der Waals surface area contributed by atoms with Crippen molar-refractivity contribution >= 4 is 17.5 Å². The Labute approximate surface area is 312 Å². The monoisotopic (exact) mass is 711 g/mol. The molecule has 0 saturated carbocycles. The minimum absolute atomic E-state index is 0.0543. The van der Waals surface area contributed by atoms with Gasteiger partial charge in [-0.3, -0.25) is 14.5 Å². The summed E-state index contributed by atoms with van der Waals surface area (Å²) in [6.45, 7) is 11.4. The Balaban J connectivity index is 0.774. The largest absolute Gasteiger partial charge is 0.508 e. The van der Waals surface area contributed by atoms with Gasteiger partial charge in [-0.2, -0.15) is 0 Å². The number of carbonyl (C=O) groups is 2. The lowest BCUT2D eigenvalue weighted by atomic mass is 9.69. The van der Waals surface area contributed by atoms with Crippen molar-refractivity contribution < 1.29 is 19.4 Å². The molecule has 0 spiro atoms. The number of nitrogens with one attached hydrogen (secondary N) is 2. The van der Waals surface area contributed by atoms with Crippen LogP contribution in [0.3, 0.4) is 0 Å². The van der Waals surface area contributed by atoms with E-state index in [1.54, 1.807) is 4.90 Å². The van der Waals surface area contributed by atoms with E-state index in [0.717, 1.165) is 81.4 Å². The van der Waals surface area contributed by atoms with Crippen molar-refractivity contribution in [3.8, 4) is 11.5 Å². The van der Waals surface area contributed by atoms with E-state index in [1.165, 1.54) is 22.3 Å². The summed E-state index contributed by atoms with van der Waals surface area (Å²) >= 11 is 0. The van der Waals surface area contributed by atoms with Crippen LogP contribution in [0.2, 0.25) is 0 Å². The maximum Gasteiger partial charge on any atom is 0.255 e. The van der Waals surface area contributed by atoms with Crippen LogP contribution in [-0.4, -0.2) is 85.2 Å². The summed E-state index contributed by atoms with van der Waals surface area (Å²) in [5, 5.41) is 16.5. The molecule has 2 fully saturated rings. The molecule has 0 bridgehead atoms. The SMILES string of the molecule is C=C1CCC(N2Cc3cc(N4CCN(CCNCCOc5ccc([C@@H]6c7ccc(O)cc7CC[C@@H]6c6ccccc6)cc5)CC4)ccc3C2=O)C(=O)N1. The van der Waals surface area contributed by atoms with E-state index >= 15 is 0 Å². The Kier molecular flexibility index (Phi) is 10.2. The molecule has 3 atom stereocenters. The van der Waals surface area contributed by atoms with Crippen LogP contribution in [0.5, 0.6) is 11.5 Å². The highest BCUT2D eigenvalue weighted by molar-refractivity contribution is 6.01. The van der Waals surface area contributed by atoms with Crippen molar-refractivity contribution in [2.45, 2.75) is 50.1 Å². The molecule has 3 aliphatic heterocycles. The number of allylic oxidation sites excluding steroid dienone is 1. The van der Waals surface area contributed by atoms with Crippen molar-refractivity contribution in [2.24, 2.45) is 0 Å². The average Bonchev–Trinajstić information content (AvgIpc) is 3.51. The number of rotatable bonds is 11. The van der Waals surface area contributed by atoms with E-state index in [4.69, 9.17) is 4.74 Å². The number of fused-ring (bicyclic) bond motifs is 2. The number of carbonyl (C=O) groups excluding carboxylic acids is 2. The van der Waals surface area contributed by atoms with Gasteiger partial charge in [-0.1, -0.05) is 55.1 Å². The fraction of sp³-hybridized carbons (Fsp3) is 0.364. The minimum atomic E-state index is -0.434. The molecule has 3 heterocycles. The summed E-state index contributed by atoms with van der Waals surface area (Å²) in [6.07, 6.45) is 3.33. The van der Waals surface area contributed by atoms with Crippen LogP contribution in [0.15, 0.2) is 103 Å². The third-order valence-electron chi connectivity index (χ3n) is 11.6. The predicted octanol–water partition coefficient (Wildman–Crippen LogP) is 5.79. The maximum atomic E-state index is 13.1. The van der Waals surface area contributed by atoms with Gasteiger partial charge in [0.25, 0.3) is 5.91 Å². The first-order valence-corrected chi connectivity index (χ1v) is 19.1. The molecule has 1 unspecified atom stereocenters. The molecule has 4 aliphatic rings. The fourth-order valence-corrected chi connectivity index (χ4v) is 8.72. The number of phenols is 1. The molecule has 3 N–H and O–H groups in total. The number of piperazine rings is 1. The summed E-state index contributed by atoms with van der Waals surface area (Å²) in [7, 11) is 0. The zero-order valence-corrected chi connectivity index (χ0v) is 30.3. The number of phenolic OH excluding ortho intramolecular Hbond substituents is 1. The van der Waals surface area contributed by atoms with Gasteiger partial charge in [0.05, 0.1) is 0 Å². The number of nitrogens with zero attached hydrogens (tertiary/aromatic N) is 3. The Morgan fingerprint density at radius 2 is 1.64 bits per heavy atom. The molecule has 4 aromatic carbocycles. The van der Waals surface area contributed by atoms with Gasteiger partial charge in [0.2, 0.25) is 5.91 Å². The van der Waals surface area contributed by atoms with Crippen molar-refractivity contribution in [3.05, 3.63) is 137 Å². The number of hydrogen-bond acceptors (Lipinski definition) is 7. The molecule has 1 aliphatic carbocycles. The number of amides is 2. The molecular formula is C44H49N5O4. The fourth-order valence-electron chi connectivity index (χ4n) is 8.72. The summed E-state index contributed by atoms with van der Waals surface area (Å²) < 4.78 is 6.13. The molecule has 2 saturated heterocycles. The molecule has 2 amide bonds. The van der Waals surface area contributed by atoms with E-state index in [0.29, 0.717) is 43.2 Å². The van der Waals surface area contributed by atoms with E-state index < -0.39 is 6.04 Å². The van der Waals surface area contributed by atoms with Crippen molar-refractivity contribution in [3.63, 3.8) is 0 Å². The van der Waals surface area contributed by atoms with Crippen LogP contribution < -0.4 is 20.3 Å². The first kappa shape index (κ1) is 34.9. The Morgan fingerprint density at radius 3 is 2.43 bits per heavy atom. The second kappa shape index (κ2) is 15.5. The maximum absolute atomic E-state index is 13.1. The van der Waals surface area contributed by atoms with Gasteiger partial charge in [-0.25, -0.2) is 0 Å². The smallest absolute Gasteiger partial charge is 0.255 e. The van der Waals surface area contributed by atoms with Crippen LogP contribution in [0.25, 0.3) is 0 Å². The standard InChI is InChI=1S/C44H49N5O4/c1-30-7-18-41(43(51)46-30)49-29-34-27-35(11-16-40(34)44(49)52)48-24-22-47(23-25-48)21-19-45-20-26-53-37-13-8-32(9-14-37)42-38(31-5-3-2-4-6-31)15-10-33-28-36(50)12-17-39(33)42/h2-6,8-9,11-14,16-17,27-28,38,41-42,45,50H,1,7,10,15,18-26,29H2,(H,46,51)/t38-,41?,42+/m1/s1. The highest BCUT2D eigenvalue weighted by Gasteiger charge is 2.38. The lowest BCUT2D eigenvalue weighted by Crippen LogP contribution is -2.49. The molecule has 4 aromatic rings. The molecule has 0 radical (unpaired) electrons. The quantitative estimate of drug-likeness (QED) is 0.170. The zero-order chi connectivity index (χ0) is 36.3. The van der Waals surface area contributed by atoms with Crippen molar-refractivity contribution in [1.29, 1.82) is 0 Å². The number of benzene rings is 4. The first-order valence-electron chi connectivity index (χ1n) is 19.1. The Hall–Kier alpha value is -5.12. The summed E-state index contributed by atoms with van der Waals surface area (Å²) in [5.41, 5.74) is 8.74. The number of ether oxygens (including phenoxy) is 1. The van der Waals surface area contributed by atoms with Gasteiger partial charge < -0.3 is 30.3 Å². The third kappa shape index (κ3) is 7.54. The van der Waals surface area contributed by atoms with E-state index in [2.05, 4.69) is 99.8 Å². The summed E-state index contributed by atoms with van der Waals surface area (Å²) in [5.74, 6) is 1.63. The lowest BCUT2D eigenvalue weighted by Gasteiger charge is -2.36. The molecule has 274 valence electrons. The first-order chi connectivity index (χ1) is 25.9. The predicted molar refractivity (Wildman–Crippen MR) is 208 cm³/mol. The van der Waals surface area contributed by atoms with Gasteiger partial charge in [0, 0.05) is 75.2 Å². The third-order valence-corrected chi connectivity index (χ3v) is 11.6. The number of hydrogen-bond donors (Lipinski definition) is 3. The molecular weight excluding hydrogens is 663 g/mol.